The maximum Gasteiger partial charge on any atom is 0.222 e. The number of nitrogens with one attached hydrogen (secondary N) is 1. The third-order valence-electron chi connectivity index (χ3n) is 5.42. The lowest BCUT2D eigenvalue weighted by Gasteiger charge is -2.29. The Morgan fingerprint density at radius 2 is 2.07 bits per heavy atom. The van der Waals surface area contributed by atoms with Crippen LogP contribution in [0.3, 0.4) is 0 Å². The molecule has 1 N–H and O–H groups in total. The van der Waals surface area contributed by atoms with E-state index in [0.29, 0.717) is 19.0 Å². The van der Waals surface area contributed by atoms with Crippen LogP contribution in [-0.2, 0) is 11.3 Å². The first-order valence-corrected chi connectivity index (χ1v) is 9.76. The van der Waals surface area contributed by atoms with Gasteiger partial charge in [-0.25, -0.2) is 15.0 Å². The molecule has 0 radical (unpaired) electrons. The zero-order valence-corrected chi connectivity index (χ0v) is 16.0. The van der Waals surface area contributed by atoms with Crippen molar-refractivity contribution in [3.8, 4) is 11.3 Å². The van der Waals surface area contributed by atoms with Crippen molar-refractivity contribution >= 4 is 5.91 Å². The van der Waals surface area contributed by atoms with Gasteiger partial charge in [-0.3, -0.25) is 9.48 Å². The topological polar surface area (TPSA) is 90.5 Å². The van der Waals surface area contributed by atoms with Crippen molar-refractivity contribution in [1.82, 2.24) is 34.6 Å². The van der Waals surface area contributed by atoms with Crippen LogP contribution in [0.25, 0.3) is 11.3 Å². The quantitative estimate of drug-likeness (QED) is 0.711. The SMILES string of the molecule is Cc1nccn1CCC(=O)NC1CCC(n2cc(-c3ccncn3)cn2)CC1. The summed E-state index contributed by atoms with van der Waals surface area (Å²) >= 11 is 0. The second kappa shape index (κ2) is 8.33. The van der Waals surface area contributed by atoms with E-state index in [1.54, 1.807) is 18.7 Å². The number of hydrogen-bond donors (Lipinski definition) is 1. The van der Waals surface area contributed by atoms with E-state index in [4.69, 9.17) is 0 Å². The highest BCUT2D eigenvalue weighted by atomic mass is 16.1. The Bertz CT molecular complexity index is 910. The summed E-state index contributed by atoms with van der Waals surface area (Å²) in [5, 5.41) is 7.71. The highest BCUT2D eigenvalue weighted by Gasteiger charge is 2.24. The zero-order chi connectivity index (χ0) is 19.3. The van der Waals surface area contributed by atoms with Crippen molar-refractivity contribution in [2.45, 2.75) is 57.7 Å². The van der Waals surface area contributed by atoms with Gasteiger partial charge in [0.1, 0.15) is 12.2 Å². The van der Waals surface area contributed by atoms with Crippen molar-refractivity contribution in [2.75, 3.05) is 0 Å². The largest absolute Gasteiger partial charge is 0.353 e. The van der Waals surface area contributed by atoms with Crippen LogP contribution in [0, 0.1) is 6.92 Å². The van der Waals surface area contributed by atoms with Crippen LogP contribution >= 0.6 is 0 Å². The molecule has 0 unspecified atom stereocenters. The second-order valence-corrected chi connectivity index (χ2v) is 7.29. The lowest BCUT2D eigenvalue weighted by Crippen LogP contribution is -2.38. The maximum atomic E-state index is 12.3. The summed E-state index contributed by atoms with van der Waals surface area (Å²) in [6, 6.07) is 2.51. The van der Waals surface area contributed by atoms with Gasteiger partial charge < -0.3 is 9.88 Å². The molecule has 28 heavy (non-hydrogen) atoms. The molecular weight excluding hydrogens is 354 g/mol. The van der Waals surface area contributed by atoms with Crippen LogP contribution < -0.4 is 5.32 Å². The summed E-state index contributed by atoms with van der Waals surface area (Å²) in [5.74, 6) is 1.05. The molecule has 1 fully saturated rings. The Morgan fingerprint density at radius 1 is 1.21 bits per heavy atom. The van der Waals surface area contributed by atoms with E-state index in [1.807, 2.05) is 34.6 Å². The van der Waals surface area contributed by atoms with Gasteiger partial charge >= 0.3 is 0 Å². The Labute approximate surface area is 164 Å². The van der Waals surface area contributed by atoms with E-state index in [1.165, 1.54) is 0 Å². The smallest absolute Gasteiger partial charge is 0.222 e. The molecule has 0 spiro atoms. The minimum Gasteiger partial charge on any atom is -0.353 e. The van der Waals surface area contributed by atoms with E-state index in [9.17, 15) is 4.79 Å². The van der Waals surface area contributed by atoms with E-state index in [-0.39, 0.29) is 11.9 Å². The lowest BCUT2D eigenvalue weighted by molar-refractivity contribution is -0.122. The van der Waals surface area contributed by atoms with Gasteiger partial charge in [0.05, 0.1) is 17.9 Å². The van der Waals surface area contributed by atoms with Gasteiger partial charge in [-0.15, -0.1) is 0 Å². The van der Waals surface area contributed by atoms with Gasteiger partial charge in [-0.1, -0.05) is 0 Å². The lowest BCUT2D eigenvalue weighted by atomic mass is 9.91. The Balaban J connectivity index is 1.25. The molecule has 0 aliphatic heterocycles. The van der Waals surface area contributed by atoms with Crippen LogP contribution in [0.2, 0.25) is 0 Å². The second-order valence-electron chi connectivity index (χ2n) is 7.29. The number of aryl methyl sites for hydroxylation is 2. The van der Waals surface area contributed by atoms with Gasteiger partial charge in [0.25, 0.3) is 0 Å². The van der Waals surface area contributed by atoms with Crippen molar-refractivity contribution in [3.63, 3.8) is 0 Å². The summed E-state index contributed by atoms with van der Waals surface area (Å²) in [5.41, 5.74) is 1.89. The molecule has 3 aromatic heterocycles. The average Bonchev–Trinajstić information content (AvgIpc) is 3.37. The molecule has 0 atom stereocenters. The predicted octanol–water partition coefficient (Wildman–Crippen LogP) is 2.54. The standard InChI is InChI=1S/C20H25N7O/c1-15-22-9-11-26(15)10-7-20(28)25-17-2-4-18(5-3-17)27-13-16(12-24-27)19-6-8-21-14-23-19/h6,8-9,11-14,17-18H,2-5,7,10H2,1H3,(H,25,28). The molecule has 0 aromatic carbocycles. The van der Waals surface area contributed by atoms with Crippen molar-refractivity contribution in [3.05, 3.63) is 49.2 Å². The molecule has 1 saturated carbocycles. The number of amides is 1. The van der Waals surface area contributed by atoms with Crippen molar-refractivity contribution in [2.24, 2.45) is 0 Å². The van der Waals surface area contributed by atoms with E-state index in [0.717, 1.165) is 42.8 Å². The normalized spacial score (nSPS) is 19.5. The maximum absolute atomic E-state index is 12.3. The van der Waals surface area contributed by atoms with Gasteiger partial charge in [0.2, 0.25) is 5.91 Å². The highest BCUT2D eigenvalue weighted by Crippen LogP contribution is 2.29. The molecule has 1 aliphatic carbocycles. The van der Waals surface area contributed by atoms with E-state index in [2.05, 4.69) is 31.6 Å². The summed E-state index contributed by atoms with van der Waals surface area (Å²) in [6.45, 7) is 2.62. The fourth-order valence-electron chi connectivity index (χ4n) is 3.78. The average molecular weight is 379 g/mol. The third kappa shape index (κ3) is 4.27. The number of carbonyl (C=O) groups is 1. The van der Waals surface area contributed by atoms with Crippen LogP contribution in [-0.4, -0.2) is 41.2 Å². The molecule has 0 saturated heterocycles. The first kappa shape index (κ1) is 18.3. The van der Waals surface area contributed by atoms with Crippen LogP contribution in [0.4, 0.5) is 0 Å². The Morgan fingerprint density at radius 3 is 2.79 bits per heavy atom. The zero-order valence-electron chi connectivity index (χ0n) is 16.0. The molecular formula is C20H25N7O. The monoisotopic (exact) mass is 379 g/mol. The third-order valence-corrected chi connectivity index (χ3v) is 5.42. The van der Waals surface area contributed by atoms with E-state index < -0.39 is 0 Å². The molecule has 1 amide bonds. The fourth-order valence-corrected chi connectivity index (χ4v) is 3.78. The summed E-state index contributed by atoms with van der Waals surface area (Å²) < 4.78 is 4.04. The molecule has 4 rings (SSSR count). The van der Waals surface area contributed by atoms with Crippen LogP contribution in [0.5, 0.6) is 0 Å². The van der Waals surface area contributed by atoms with Gasteiger partial charge in [0.15, 0.2) is 0 Å². The number of rotatable bonds is 6. The summed E-state index contributed by atoms with van der Waals surface area (Å²) in [6.07, 6.45) is 15.3. The summed E-state index contributed by atoms with van der Waals surface area (Å²) in [7, 11) is 0. The number of carbonyl (C=O) groups excluding carboxylic acids is 1. The number of aromatic nitrogens is 6. The Hall–Kier alpha value is -3.03. The van der Waals surface area contributed by atoms with Gasteiger partial charge in [0, 0.05) is 49.4 Å². The van der Waals surface area contributed by atoms with Crippen molar-refractivity contribution in [1.29, 1.82) is 0 Å². The van der Waals surface area contributed by atoms with Gasteiger partial charge in [-0.05, 0) is 38.7 Å². The number of nitrogens with zero attached hydrogens (tertiary/aromatic N) is 6. The predicted molar refractivity (Wildman–Crippen MR) is 104 cm³/mol. The minimum absolute atomic E-state index is 0.113. The first-order valence-electron chi connectivity index (χ1n) is 9.76. The number of imidazole rings is 1. The van der Waals surface area contributed by atoms with E-state index >= 15 is 0 Å². The highest BCUT2D eigenvalue weighted by molar-refractivity contribution is 5.76. The van der Waals surface area contributed by atoms with Gasteiger partial charge in [-0.2, -0.15) is 5.10 Å². The molecule has 0 bridgehead atoms. The fraction of sp³-hybridized carbons (Fsp3) is 0.450. The van der Waals surface area contributed by atoms with Crippen LogP contribution in [0.15, 0.2) is 43.4 Å². The first-order chi connectivity index (χ1) is 13.7. The van der Waals surface area contributed by atoms with Crippen LogP contribution in [0.1, 0.15) is 44.0 Å². The molecule has 3 aromatic rings. The van der Waals surface area contributed by atoms with Crippen molar-refractivity contribution < 1.29 is 4.79 Å². The molecule has 3 heterocycles. The minimum atomic E-state index is 0.113. The summed E-state index contributed by atoms with van der Waals surface area (Å²) in [4.78, 5) is 24.7. The number of hydrogen-bond acceptors (Lipinski definition) is 5. The molecule has 146 valence electrons. The molecule has 8 nitrogen and oxygen atoms in total. The molecule has 8 heteroatoms. The molecule has 1 aliphatic rings. The Kier molecular flexibility index (Phi) is 5.45.